The SMILES string of the molecule is CCn1cc2c(Cl)c(-c3n[nH]c4nc(N5CC[C@@H]6[C@H](C5)[C@@]6(CN)c5ccccc5F)cnc34)ccc2n1. The Morgan fingerprint density at radius 3 is 2.89 bits per heavy atom. The summed E-state index contributed by atoms with van der Waals surface area (Å²) in [4.78, 5) is 11.8. The lowest BCUT2D eigenvalue weighted by atomic mass is 9.91. The van der Waals surface area contributed by atoms with Crippen molar-refractivity contribution in [2.75, 3.05) is 24.5 Å². The van der Waals surface area contributed by atoms with E-state index in [1.807, 2.05) is 42.1 Å². The van der Waals surface area contributed by atoms with E-state index in [1.165, 1.54) is 6.07 Å². The molecule has 5 aromatic rings. The standard InChI is InChI=1S/C27H26ClFN8/c1-2-37-12-16-21(35-37)8-7-15(23(16)28)24-25-26(34-33-24)32-22(11-31-25)36-10-9-17-19(13-36)27(17,14-30)18-5-3-4-6-20(18)29/h3-8,11-12,17,19H,2,9-10,13-14,30H2,1H3,(H,32,33,34)/t17-,19+,27-/m1/s1. The molecule has 37 heavy (non-hydrogen) atoms. The number of piperidine rings is 1. The molecule has 1 aliphatic heterocycles. The molecule has 3 aromatic heterocycles. The van der Waals surface area contributed by atoms with Crippen molar-refractivity contribution >= 4 is 39.5 Å². The lowest BCUT2D eigenvalue weighted by molar-refractivity contribution is 0.533. The number of aryl methyl sites for hydroxylation is 1. The van der Waals surface area contributed by atoms with Crippen molar-refractivity contribution in [1.29, 1.82) is 0 Å². The zero-order valence-corrected chi connectivity index (χ0v) is 21.1. The number of aromatic nitrogens is 6. The Morgan fingerprint density at radius 2 is 2.08 bits per heavy atom. The highest BCUT2D eigenvalue weighted by atomic mass is 35.5. The van der Waals surface area contributed by atoms with Gasteiger partial charge in [0, 0.05) is 48.7 Å². The number of aromatic amines is 1. The molecule has 0 amide bonds. The number of halogens is 2. The van der Waals surface area contributed by atoms with Crippen molar-refractivity contribution in [3.05, 3.63) is 65.2 Å². The predicted molar refractivity (Wildman–Crippen MR) is 142 cm³/mol. The van der Waals surface area contributed by atoms with Crippen molar-refractivity contribution in [3.63, 3.8) is 0 Å². The number of benzene rings is 2. The van der Waals surface area contributed by atoms with Crippen molar-refractivity contribution in [2.45, 2.75) is 25.3 Å². The Morgan fingerprint density at radius 1 is 1.22 bits per heavy atom. The van der Waals surface area contributed by atoms with Gasteiger partial charge in [0.05, 0.1) is 16.7 Å². The molecule has 1 aliphatic carbocycles. The molecule has 4 heterocycles. The van der Waals surface area contributed by atoms with Crippen molar-refractivity contribution in [1.82, 2.24) is 29.9 Å². The van der Waals surface area contributed by atoms with Gasteiger partial charge < -0.3 is 10.6 Å². The van der Waals surface area contributed by atoms with Crippen molar-refractivity contribution in [3.8, 4) is 11.3 Å². The molecule has 0 radical (unpaired) electrons. The molecule has 1 saturated heterocycles. The first-order chi connectivity index (χ1) is 18.0. The van der Waals surface area contributed by atoms with Gasteiger partial charge in [-0.3, -0.25) is 9.78 Å². The summed E-state index contributed by atoms with van der Waals surface area (Å²) in [6.07, 6.45) is 4.67. The molecule has 10 heteroatoms. The number of hydrogen-bond acceptors (Lipinski definition) is 6. The normalized spacial score (nSPS) is 23.1. The predicted octanol–water partition coefficient (Wildman–Crippen LogP) is 4.53. The summed E-state index contributed by atoms with van der Waals surface area (Å²) in [5.41, 5.74) is 10.3. The lowest BCUT2D eigenvalue weighted by Gasteiger charge is -2.26. The molecule has 2 fully saturated rings. The average molecular weight is 517 g/mol. The summed E-state index contributed by atoms with van der Waals surface area (Å²) in [5, 5.41) is 13.6. The van der Waals surface area contributed by atoms with E-state index >= 15 is 0 Å². The van der Waals surface area contributed by atoms with E-state index in [2.05, 4.69) is 20.2 Å². The average Bonchev–Trinajstić information content (AvgIpc) is 3.19. The topological polar surface area (TPSA) is 102 Å². The fourth-order valence-corrected chi connectivity index (χ4v) is 6.72. The van der Waals surface area contributed by atoms with Gasteiger partial charge in [-0.1, -0.05) is 29.8 Å². The molecule has 0 bridgehead atoms. The molecule has 3 atom stereocenters. The maximum absolute atomic E-state index is 14.7. The van der Waals surface area contributed by atoms with Crippen LogP contribution in [0.4, 0.5) is 10.2 Å². The van der Waals surface area contributed by atoms with Gasteiger partial charge in [-0.15, -0.1) is 0 Å². The quantitative estimate of drug-likeness (QED) is 0.356. The molecule has 0 unspecified atom stereocenters. The second-order valence-electron chi connectivity index (χ2n) is 10.0. The number of nitrogens with one attached hydrogen (secondary N) is 1. The van der Waals surface area contributed by atoms with Crippen LogP contribution in [0.25, 0.3) is 33.3 Å². The van der Waals surface area contributed by atoms with E-state index in [-0.39, 0.29) is 17.2 Å². The van der Waals surface area contributed by atoms with Crippen LogP contribution in [-0.4, -0.2) is 49.6 Å². The number of fused-ring (bicyclic) bond motifs is 3. The monoisotopic (exact) mass is 516 g/mol. The molecule has 1 saturated carbocycles. The summed E-state index contributed by atoms with van der Waals surface area (Å²) >= 11 is 6.78. The van der Waals surface area contributed by atoms with E-state index in [4.69, 9.17) is 27.3 Å². The van der Waals surface area contributed by atoms with Crippen LogP contribution in [0.3, 0.4) is 0 Å². The fraction of sp³-hybridized carbons (Fsp3) is 0.333. The number of hydrogen-bond donors (Lipinski definition) is 2. The van der Waals surface area contributed by atoms with Crippen LogP contribution in [0.2, 0.25) is 5.02 Å². The minimum Gasteiger partial charge on any atom is -0.355 e. The first-order valence-corrected chi connectivity index (χ1v) is 13.0. The van der Waals surface area contributed by atoms with Crippen LogP contribution >= 0.6 is 11.6 Å². The largest absolute Gasteiger partial charge is 0.355 e. The van der Waals surface area contributed by atoms with Gasteiger partial charge in [0.1, 0.15) is 22.8 Å². The molecule has 2 aromatic carbocycles. The molecule has 188 valence electrons. The summed E-state index contributed by atoms with van der Waals surface area (Å²) in [7, 11) is 0. The van der Waals surface area contributed by atoms with Gasteiger partial charge in [0.15, 0.2) is 5.65 Å². The zero-order valence-electron chi connectivity index (χ0n) is 20.3. The Bertz CT molecular complexity index is 1660. The smallest absolute Gasteiger partial charge is 0.177 e. The van der Waals surface area contributed by atoms with E-state index in [1.54, 1.807) is 12.3 Å². The molecule has 3 N–H and O–H groups in total. The highest BCUT2D eigenvalue weighted by molar-refractivity contribution is 6.38. The van der Waals surface area contributed by atoms with Crippen LogP contribution < -0.4 is 10.6 Å². The highest BCUT2D eigenvalue weighted by Crippen LogP contribution is 2.63. The van der Waals surface area contributed by atoms with Gasteiger partial charge in [-0.05, 0) is 48.9 Å². The van der Waals surface area contributed by atoms with Crippen molar-refractivity contribution in [2.24, 2.45) is 17.6 Å². The number of nitrogens with two attached hydrogens (primary N) is 1. The zero-order chi connectivity index (χ0) is 25.3. The maximum atomic E-state index is 14.7. The van der Waals surface area contributed by atoms with E-state index in [9.17, 15) is 4.39 Å². The molecule has 8 nitrogen and oxygen atoms in total. The van der Waals surface area contributed by atoms with E-state index < -0.39 is 0 Å². The molecular formula is C27H26ClFN8. The Labute approximate surface area is 217 Å². The number of H-pyrrole nitrogens is 1. The van der Waals surface area contributed by atoms with Gasteiger partial charge >= 0.3 is 0 Å². The van der Waals surface area contributed by atoms with Gasteiger partial charge in [-0.2, -0.15) is 10.2 Å². The molecule has 2 aliphatic rings. The maximum Gasteiger partial charge on any atom is 0.177 e. The minimum absolute atomic E-state index is 0.168. The number of rotatable bonds is 5. The Hall–Kier alpha value is -3.56. The molecule has 0 spiro atoms. The summed E-state index contributed by atoms with van der Waals surface area (Å²) in [6.45, 7) is 4.83. The second kappa shape index (κ2) is 8.22. The van der Waals surface area contributed by atoms with Gasteiger partial charge in [0.25, 0.3) is 0 Å². The fourth-order valence-electron chi connectivity index (χ4n) is 6.42. The summed E-state index contributed by atoms with van der Waals surface area (Å²) in [6, 6.07) is 10.9. The lowest BCUT2D eigenvalue weighted by Crippen LogP contribution is -2.32. The summed E-state index contributed by atoms with van der Waals surface area (Å²) < 4.78 is 16.6. The Kier molecular flexibility index (Phi) is 5.03. The highest BCUT2D eigenvalue weighted by Gasteiger charge is 2.66. The van der Waals surface area contributed by atoms with Crippen LogP contribution in [0.1, 0.15) is 18.9 Å². The van der Waals surface area contributed by atoms with Crippen LogP contribution in [0.15, 0.2) is 48.8 Å². The third kappa shape index (κ3) is 3.23. The van der Waals surface area contributed by atoms with Crippen molar-refractivity contribution < 1.29 is 4.39 Å². The van der Waals surface area contributed by atoms with Crippen LogP contribution in [-0.2, 0) is 12.0 Å². The van der Waals surface area contributed by atoms with Crippen LogP contribution in [0, 0.1) is 17.7 Å². The first-order valence-electron chi connectivity index (χ1n) is 12.6. The Balaban J connectivity index is 1.19. The van der Waals surface area contributed by atoms with E-state index in [0.29, 0.717) is 34.3 Å². The second-order valence-corrected chi connectivity index (χ2v) is 10.4. The third-order valence-corrected chi connectivity index (χ3v) is 8.78. The first kappa shape index (κ1) is 22.6. The van der Waals surface area contributed by atoms with Crippen LogP contribution in [0.5, 0.6) is 0 Å². The molecule has 7 rings (SSSR count). The number of nitrogens with zero attached hydrogens (tertiary/aromatic N) is 6. The van der Waals surface area contributed by atoms with Gasteiger partial charge in [-0.25, -0.2) is 14.4 Å². The molecular weight excluding hydrogens is 491 g/mol. The van der Waals surface area contributed by atoms with Gasteiger partial charge in [0.2, 0.25) is 0 Å². The number of anilines is 1. The third-order valence-electron chi connectivity index (χ3n) is 8.37. The summed E-state index contributed by atoms with van der Waals surface area (Å²) in [5.74, 6) is 1.28. The van der Waals surface area contributed by atoms with E-state index in [0.717, 1.165) is 53.9 Å². The minimum atomic E-state index is -0.306.